The van der Waals surface area contributed by atoms with Crippen LogP contribution in [0, 0.1) is 22.7 Å². The average molecular weight is 374 g/mol. The van der Waals surface area contributed by atoms with Gasteiger partial charge in [-0.25, -0.2) is 0 Å². The third-order valence-electron chi connectivity index (χ3n) is 4.53. The van der Waals surface area contributed by atoms with Crippen LogP contribution >= 0.6 is 23.5 Å². The van der Waals surface area contributed by atoms with Crippen molar-refractivity contribution in [2.75, 3.05) is 11.2 Å². The highest BCUT2D eigenvalue weighted by atomic mass is 32.2. The molecule has 26 heavy (non-hydrogen) atoms. The van der Waals surface area contributed by atoms with E-state index in [4.69, 9.17) is 5.73 Å². The Kier molecular flexibility index (Phi) is 4.16. The lowest BCUT2D eigenvalue weighted by Crippen LogP contribution is -2.32. The van der Waals surface area contributed by atoms with Crippen LogP contribution in [0.1, 0.15) is 11.5 Å². The van der Waals surface area contributed by atoms with E-state index in [0.717, 1.165) is 26.1 Å². The van der Waals surface area contributed by atoms with Gasteiger partial charge in [-0.05, 0) is 36.1 Å². The van der Waals surface area contributed by atoms with Crippen molar-refractivity contribution in [3.63, 3.8) is 0 Å². The van der Waals surface area contributed by atoms with Crippen molar-refractivity contribution in [1.29, 1.82) is 10.5 Å². The zero-order valence-electron chi connectivity index (χ0n) is 13.9. The molecule has 0 saturated carbocycles. The summed E-state index contributed by atoms with van der Waals surface area (Å²) in [5.74, 6) is -0.0353. The van der Waals surface area contributed by atoms with Crippen LogP contribution in [-0.2, 0) is 0 Å². The number of allylic oxidation sites excluding steroid dienone is 2. The largest absolute Gasteiger partial charge is 0.384 e. The maximum Gasteiger partial charge on any atom is 0.123 e. The molecule has 4 rings (SSSR count). The summed E-state index contributed by atoms with van der Waals surface area (Å²) in [5, 5.41) is 20.5. The van der Waals surface area contributed by atoms with E-state index >= 15 is 0 Å². The molecular weight excluding hydrogens is 360 g/mol. The number of thioether (sulfide) groups is 2. The molecule has 0 radical (unpaired) electrons. The summed E-state index contributed by atoms with van der Waals surface area (Å²) in [4.78, 5) is 4.01. The van der Waals surface area contributed by atoms with Gasteiger partial charge in [0.05, 0.1) is 34.9 Å². The number of nitriles is 2. The Balaban J connectivity index is 1.92. The van der Waals surface area contributed by atoms with Gasteiger partial charge in [-0.15, -0.1) is 11.8 Å². The van der Waals surface area contributed by atoms with E-state index in [2.05, 4.69) is 12.1 Å². The maximum atomic E-state index is 9.92. The van der Waals surface area contributed by atoms with Gasteiger partial charge in [-0.2, -0.15) is 10.5 Å². The Morgan fingerprint density at radius 1 is 1.04 bits per heavy atom. The highest BCUT2D eigenvalue weighted by molar-refractivity contribution is 8.03. The number of hydrogen-bond acceptors (Lipinski definition) is 6. The van der Waals surface area contributed by atoms with Crippen LogP contribution in [0.2, 0.25) is 0 Å². The first-order valence-corrected chi connectivity index (χ1v) is 9.98. The number of anilines is 1. The minimum absolute atomic E-state index is 0.401. The van der Waals surface area contributed by atoms with Crippen molar-refractivity contribution in [1.82, 2.24) is 0 Å². The number of fused-ring (bicyclic) bond motifs is 3. The highest BCUT2D eigenvalue weighted by Gasteiger charge is 2.40. The summed E-state index contributed by atoms with van der Waals surface area (Å²) >= 11 is 3.18. The van der Waals surface area contributed by atoms with Gasteiger partial charge in [0.25, 0.3) is 0 Å². The van der Waals surface area contributed by atoms with Gasteiger partial charge in [-0.1, -0.05) is 36.0 Å². The van der Waals surface area contributed by atoms with E-state index in [1.165, 1.54) is 11.8 Å². The Morgan fingerprint density at radius 2 is 1.73 bits per heavy atom. The third kappa shape index (κ3) is 2.39. The summed E-state index contributed by atoms with van der Waals surface area (Å²) in [6.07, 6.45) is 2.02. The maximum absolute atomic E-state index is 9.92. The van der Waals surface area contributed by atoms with Crippen molar-refractivity contribution in [2.45, 2.75) is 15.7 Å². The van der Waals surface area contributed by atoms with Crippen LogP contribution in [0.25, 0.3) is 0 Å². The molecule has 2 aliphatic heterocycles. The molecule has 0 amide bonds. The summed E-state index contributed by atoms with van der Waals surface area (Å²) in [6.45, 7) is 0. The molecule has 126 valence electrons. The van der Waals surface area contributed by atoms with E-state index in [-0.39, 0.29) is 0 Å². The molecule has 0 aromatic heterocycles. The summed E-state index contributed by atoms with van der Waals surface area (Å²) in [7, 11) is 0. The molecule has 2 aliphatic rings. The molecule has 2 N–H and O–H groups in total. The van der Waals surface area contributed by atoms with Crippen molar-refractivity contribution in [3.05, 3.63) is 76.1 Å². The predicted octanol–water partition coefficient (Wildman–Crippen LogP) is 4.55. The lowest BCUT2D eigenvalue weighted by molar-refractivity contribution is 0.883. The second kappa shape index (κ2) is 6.49. The normalized spacial score (nSPS) is 18.3. The zero-order valence-corrected chi connectivity index (χ0v) is 15.6. The number of nitrogens with zero attached hydrogens (tertiary/aromatic N) is 3. The Labute approximate surface area is 160 Å². The van der Waals surface area contributed by atoms with Crippen LogP contribution in [0.15, 0.2) is 80.3 Å². The molecule has 2 aromatic carbocycles. The number of para-hydroxylation sites is 1. The lowest BCUT2D eigenvalue weighted by Gasteiger charge is -2.31. The van der Waals surface area contributed by atoms with Crippen molar-refractivity contribution in [3.8, 4) is 12.1 Å². The van der Waals surface area contributed by atoms with Crippen molar-refractivity contribution < 1.29 is 0 Å². The molecule has 0 saturated heterocycles. The fraction of sp³-hybridized carbons (Fsp3) is 0.100. The molecule has 0 fully saturated rings. The van der Waals surface area contributed by atoms with Crippen LogP contribution < -0.4 is 10.6 Å². The van der Waals surface area contributed by atoms with Crippen LogP contribution in [0.5, 0.6) is 0 Å². The van der Waals surface area contributed by atoms with Crippen molar-refractivity contribution in [2.24, 2.45) is 5.73 Å². The van der Waals surface area contributed by atoms with Gasteiger partial charge in [0.1, 0.15) is 10.9 Å². The first kappa shape index (κ1) is 16.7. The molecule has 1 atom stereocenters. The van der Waals surface area contributed by atoms with Crippen LogP contribution in [-0.4, -0.2) is 6.26 Å². The van der Waals surface area contributed by atoms with Gasteiger partial charge >= 0.3 is 0 Å². The fourth-order valence-corrected chi connectivity index (χ4v) is 4.89. The van der Waals surface area contributed by atoms with E-state index in [9.17, 15) is 10.5 Å². The Morgan fingerprint density at radius 3 is 2.38 bits per heavy atom. The van der Waals surface area contributed by atoms with Gasteiger partial charge < -0.3 is 5.73 Å². The van der Waals surface area contributed by atoms with Crippen molar-refractivity contribution >= 4 is 29.2 Å². The molecule has 6 heteroatoms. The molecule has 0 unspecified atom stereocenters. The Hall–Kier alpha value is -2.80. The molecule has 0 aliphatic carbocycles. The number of hydrogen-bond donors (Lipinski definition) is 1. The number of nitrogens with two attached hydrogens (primary N) is 1. The molecule has 0 bridgehead atoms. The van der Waals surface area contributed by atoms with E-state index in [0.29, 0.717) is 17.0 Å². The van der Waals surface area contributed by atoms with Gasteiger partial charge in [-0.3, -0.25) is 4.90 Å². The first-order valence-electron chi connectivity index (χ1n) is 7.94. The van der Waals surface area contributed by atoms with E-state index < -0.39 is 5.92 Å². The van der Waals surface area contributed by atoms with E-state index in [1.54, 1.807) is 11.8 Å². The van der Waals surface area contributed by atoms with Gasteiger partial charge in [0, 0.05) is 9.79 Å². The Bertz CT molecular complexity index is 1040. The molecule has 0 spiro atoms. The topological polar surface area (TPSA) is 76.8 Å². The average Bonchev–Trinajstić information content (AvgIpc) is 3.07. The monoisotopic (exact) mass is 374 g/mol. The van der Waals surface area contributed by atoms with Crippen LogP contribution in [0.4, 0.5) is 5.69 Å². The quantitative estimate of drug-likeness (QED) is 0.777. The zero-order chi connectivity index (χ0) is 18.3. The molecule has 4 nitrogen and oxygen atoms in total. The minimum atomic E-state index is -0.436. The fourth-order valence-electron chi connectivity index (χ4n) is 3.30. The first-order chi connectivity index (χ1) is 12.7. The number of rotatable bonds is 2. The highest BCUT2D eigenvalue weighted by Crippen LogP contribution is 2.54. The molecule has 2 heterocycles. The van der Waals surface area contributed by atoms with Gasteiger partial charge in [0.2, 0.25) is 0 Å². The second-order valence-corrected chi connectivity index (χ2v) is 7.76. The standard InChI is InChI=1S/C20H14N4S2/c1-25-13-8-6-12(7-9-13)18-14(10-21)19(23)24-16-4-2-3-5-17(16)26-20(24)15(18)11-22/h2-9,18H,23H2,1H3/t18-/m0/s1. The third-order valence-corrected chi connectivity index (χ3v) is 6.44. The summed E-state index contributed by atoms with van der Waals surface area (Å²) < 4.78 is 0. The molecule has 2 aromatic rings. The SMILES string of the molecule is CSc1ccc([C@H]2C(C#N)=C(N)N3C(=C2C#N)Sc2ccccc23)cc1. The van der Waals surface area contributed by atoms with Crippen LogP contribution in [0.3, 0.4) is 0 Å². The second-order valence-electron chi connectivity index (χ2n) is 5.85. The minimum Gasteiger partial charge on any atom is -0.384 e. The summed E-state index contributed by atoms with van der Waals surface area (Å²) in [5.41, 5.74) is 9.22. The summed E-state index contributed by atoms with van der Waals surface area (Å²) in [6, 6.07) is 20.4. The number of benzene rings is 2. The molecular formula is C20H14N4S2. The smallest absolute Gasteiger partial charge is 0.123 e. The predicted molar refractivity (Wildman–Crippen MR) is 105 cm³/mol. The van der Waals surface area contributed by atoms with E-state index in [1.807, 2.05) is 59.7 Å². The lowest BCUT2D eigenvalue weighted by atomic mass is 9.83. The van der Waals surface area contributed by atoms with Gasteiger partial charge in [0.15, 0.2) is 0 Å².